The minimum Gasteiger partial charge on any atom is -0.494 e. The SMILES string of the molecule is CCOc1cccc(C(=O)N2CCN(S(=O)(=O)c3ccc4ccccc4c3)CC2)c1. The van der Waals surface area contributed by atoms with Crippen LogP contribution in [0.15, 0.2) is 71.6 Å². The number of rotatable bonds is 5. The van der Waals surface area contributed by atoms with Gasteiger partial charge in [0.15, 0.2) is 0 Å². The lowest BCUT2D eigenvalue weighted by Crippen LogP contribution is -2.50. The number of hydrogen-bond acceptors (Lipinski definition) is 4. The topological polar surface area (TPSA) is 66.9 Å². The van der Waals surface area contributed by atoms with E-state index >= 15 is 0 Å². The van der Waals surface area contributed by atoms with E-state index in [2.05, 4.69) is 0 Å². The molecule has 0 aliphatic carbocycles. The summed E-state index contributed by atoms with van der Waals surface area (Å²) in [6.45, 7) is 3.67. The standard InChI is InChI=1S/C23H24N2O4S/c1-2-29-21-9-5-8-20(16-21)23(26)24-12-14-25(15-13-24)30(27,28)22-11-10-18-6-3-4-7-19(18)17-22/h3-11,16-17H,2,12-15H2,1H3. The summed E-state index contributed by atoms with van der Waals surface area (Å²) in [6.07, 6.45) is 0. The van der Waals surface area contributed by atoms with Gasteiger partial charge in [-0.05, 0) is 48.0 Å². The summed E-state index contributed by atoms with van der Waals surface area (Å²) in [4.78, 5) is 14.8. The third-order valence-corrected chi connectivity index (χ3v) is 7.17. The molecule has 0 N–H and O–H groups in total. The molecule has 4 rings (SSSR count). The van der Waals surface area contributed by atoms with Crippen LogP contribution in [0.25, 0.3) is 10.8 Å². The molecule has 0 saturated carbocycles. The molecule has 1 amide bonds. The summed E-state index contributed by atoms with van der Waals surface area (Å²) in [5.74, 6) is 0.542. The number of benzene rings is 3. The Morgan fingerprint density at radius 2 is 1.63 bits per heavy atom. The number of amides is 1. The number of nitrogens with zero attached hydrogens (tertiary/aromatic N) is 2. The van der Waals surface area contributed by atoms with Gasteiger partial charge in [0.1, 0.15) is 5.75 Å². The molecule has 156 valence electrons. The lowest BCUT2D eigenvalue weighted by atomic mass is 10.1. The highest BCUT2D eigenvalue weighted by Gasteiger charge is 2.30. The summed E-state index contributed by atoms with van der Waals surface area (Å²) < 4.78 is 33.1. The molecule has 1 fully saturated rings. The summed E-state index contributed by atoms with van der Waals surface area (Å²) in [7, 11) is -3.61. The van der Waals surface area contributed by atoms with Crippen LogP contribution in [0.1, 0.15) is 17.3 Å². The van der Waals surface area contributed by atoms with Crippen LogP contribution in [0, 0.1) is 0 Å². The molecule has 30 heavy (non-hydrogen) atoms. The number of hydrogen-bond donors (Lipinski definition) is 0. The van der Waals surface area contributed by atoms with Crippen molar-refractivity contribution >= 4 is 26.7 Å². The third kappa shape index (κ3) is 4.04. The molecule has 0 aromatic heterocycles. The van der Waals surface area contributed by atoms with E-state index < -0.39 is 10.0 Å². The van der Waals surface area contributed by atoms with E-state index in [1.54, 1.807) is 35.2 Å². The van der Waals surface area contributed by atoms with E-state index in [0.717, 1.165) is 10.8 Å². The monoisotopic (exact) mass is 424 g/mol. The van der Waals surface area contributed by atoms with Gasteiger partial charge < -0.3 is 9.64 Å². The van der Waals surface area contributed by atoms with E-state index in [1.165, 1.54) is 4.31 Å². The van der Waals surface area contributed by atoms with Crippen LogP contribution in [0.5, 0.6) is 5.75 Å². The first-order valence-corrected chi connectivity index (χ1v) is 11.4. The first-order chi connectivity index (χ1) is 14.5. The van der Waals surface area contributed by atoms with Crippen LogP contribution in [-0.4, -0.2) is 56.3 Å². The number of piperazine rings is 1. The van der Waals surface area contributed by atoms with E-state index in [9.17, 15) is 13.2 Å². The maximum absolute atomic E-state index is 13.1. The number of carbonyl (C=O) groups excluding carboxylic acids is 1. The zero-order chi connectivity index (χ0) is 21.1. The highest BCUT2D eigenvalue weighted by Crippen LogP contribution is 2.23. The Balaban J connectivity index is 1.46. The van der Waals surface area contributed by atoms with E-state index in [1.807, 2.05) is 43.3 Å². The van der Waals surface area contributed by atoms with Gasteiger partial charge in [0.25, 0.3) is 5.91 Å². The number of fused-ring (bicyclic) bond motifs is 1. The molecule has 3 aromatic carbocycles. The molecule has 7 heteroatoms. The van der Waals surface area contributed by atoms with Gasteiger partial charge in [-0.1, -0.05) is 36.4 Å². The normalized spacial score (nSPS) is 15.3. The highest BCUT2D eigenvalue weighted by molar-refractivity contribution is 7.89. The van der Waals surface area contributed by atoms with Crippen molar-refractivity contribution in [1.29, 1.82) is 0 Å². The van der Waals surface area contributed by atoms with Gasteiger partial charge in [-0.2, -0.15) is 4.31 Å². The van der Waals surface area contributed by atoms with E-state index in [4.69, 9.17) is 4.74 Å². The van der Waals surface area contributed by atoms with E-state index in [-0.39, 0.29) is 23.9 Å². The van der Waals surface area contributed by atoms with Gasteiger partial charge in [0.2, 0.25) is 10.0 Å². The fraction of sp³-hybridized carbons (Fsp3) is 0.261. The molecular weight excluding hydrogens is 400 g/mol. The fourth-order valence-corrected chi connectivity index (χ4v) is 5.13. The lowest BCUT2D eigenvalue weighted by molar-refractivity contribution is 0.0697. The molecule has 0 atom stereocenters. The number of sulfonamides is 1. The smallest absolute Gasteiger partial charge is 0.254 e. The summed E-state index contributed by atoms with van der Waals surface area (Å²) in [5, 5.41) is 1.89. The average molecular weight is 425 g/mol. The summed E-state index contributed by atoms with van der Waals surface area (Å²) in [6, 6.07) is 19.9. The van der Waals surface area contributed by atoms with Crippen LogP contribution in [0.3, 0.4) is 0 Å². The Morgan fingerprint density at radius 3 is 2.37 bits per heavy atom. The second kappa shape index (κ2) is 8.45. The summed E-state index contributed by atoms with van der Waals surface area (Å²) in [5.41, 5.74) is 0.548. The Hall–Kier alpha value is -2.90. The Kier molecular flexibility index (Phi) is 5.74. The summed E-state index contributed by atoms with van der Waals surface area (Å²) >= 11 is 0. The van der Waals surface area contributed by atoms with Crippen LogP contribution < -0.4 is 4.74 Å². The van der Waals surface area contributed by atoms with Crippen molar-refractivity contribution < 1.29 is 17.9 Å². The molecule has 3 aromatic rings. The highest BCUT2D eigenvalue weighted by atomic mass is 32.2. The fourth-order valence-electron chi connectivity index (χ4n) is 3.68. The second-order valence-electron chi connectivity index (χ2n) is 7.17. The average Bonchev–Trinajstić information content (AvgIpc) is 2.79. The molecule has 1 aliphatic heterocycles. The number of ether oxygens (including phenoxy) is 1. The van der Waals surface area contributed by atoms with Crippen molar-refractivity contribution in [1.82, 2.24) is 9.21 Å². The Labute approximate surface area is 176 Å². The van der Waals surface area contributed by atoms with E-state index in [0.29, 0.717) is 31.0 Å². The van der Waals surface area contributed by atoms with Gasteiger partial charge >= 0.3 is 0 Å². The van der Waals surface area contributed by atoms with Crippen molar-refractivity contribution in [3.63, 3.8) is 0 Å². The molecule has 6 nitrogen and oxygen atoms in total. The van der Waals surface area contributed by atoms with Gasteiger partial charge in [0, 0.05) is 31.7 Å². The zero-order valence-electron chi connectivity index (χ0n) is 16.8. The Bertz CT molecular complexity index is 1170. The molecule has 0 spiro atoms. The second-order valence-corrected chi connectivity index (χ2v) is 9.10. The lowest BCUT2D eigenvalue weighted by Gasteiger charge is -2.34. The maximum Gasteiger partial charge on any atom is 0.254 e. The molecule has 1 heterocycles. The van der Waals surface area contributed by atoms with Crippen molar-refractivity contribution in [3.05, 3.63) is 72.3 Å². The van der Waals surface area contributed by atoms with Crippen molar-refractivity contribution in [2.24, 2.45) is 0 Å². The minimum absolute atomic E-state index is 0.112. The molecule has 1 aliphatic rings. The molecular formula is C23H24N2O4S. The maximum atomic E-state index is 13.1. The van der Waals surface area contributed by atoms with Gasteiger partial charge in [-0.3, -0.25) is 4.79 Å². The number of carbonyl (C=O) groups is 1. The molecule has 0 radical (unpaired) electrons. The van der Waals surface area contributed by atoms with Crippen molar-refractivity contribution in [2.75, 3.05) is 32.8 Å². The molecule has 0 bridgehead atoms. The first-order valence-electron chi connectivity index (χ1n) is 10.00. The van der Waals surface area contributed by atoms with Crippen molar-refractivity contribution in [2.45, 2.75) is 11.8 Å². The van der Waals surface area contributed by atoms with Gasteiger partial charge in [-0.15, -0.1) is 0 Å². The van der Waals surface area contributed by atoms with Crippen LogP contribution in [-0.2, 0) is 10.0 Å². The molecule has 1 saturated heterocycles. The quantitative estimate of drug-likeness (QED) is 0.630. The van der Waals surface area contributed by atoms with Gasteiger partial charge in [-0.25, -0.2) is 8.42 Å². The third-order valence-electron chi connectivity index (χ3n) is 5.28. The predicted molar refractivity (Wildman–Crippen MR) is 116 cm³/mol. The van der Waals surface area contributed by atoms with Crippen molar-refractivity contribution in [3.8, 4) is 5.75 Å². The van der Waals surface area contributed by atoms with Gasteiger partial charge in [0.05, 0.1) is 11.5 Å². The predicted octanol–water partition coefficient (Wildman–Crippen LogP) is 3.39. The van der Waals surface area contributed by atoms with Crippen LogP contribution in [0.2, 0.25) is 0 Å². The van der Waals surface area contributed by atoms with Crippen LogP contribution in [0.4, 0.5) is 0 Å². The zero-order valence-corrected chi connectivity index (χ0v) is 17.6. The largest absolute Gasteiger partial charge is 0.494 e. The van der Waals surface area contributed by atoms with Crippen LogP contribution >= 0.6 is 0 Å². The molecule has 0 unspecified atom stereocenters. The first kappa shape index (κ1) is 20.4. The Morgan fingerprint density at radius 1 is 0.900 bits per heavy atom. The minimum atomic E-state index is -3.61.